The number of aliphatic carboxylic acids is 1. The molecule has 1 saturated heterocycles. The maximum atomic E-state index is 11.6. The highest BCUT2D eigenvalue weighted by Gasteiger charge is 2.49. The van der Waals surface area contributed by atoms with Gasteiger partial charge in [-0.1, -0.05) is 13.8 Å². The van der Waals surface area contributed by atoms with E-state index < -0.39 is 21.6 Å². The summed E-state index contributed by atoms with van der Waals surface area (Å²) in [5, 5.41) is 9.25. The molecular formula is C9H18N2O4S. The molecule has 1 aliphatic heterocycles. The zero-order chi connectivity index (χ0) is 12.6. The minimum atomic E-state index is -3.52. The van der Waals surface area contributed by atoms with Crippen LogP contribution in [0.15, 0.2) is 0 Å². The number of hydrogen-bond acceptors (Lipinski definition) is 3. The van der Waals surface area contributed by atoms with Crippen molar-refractivity contribution in [1.29, 1.82) is 0 Å². The van der Waals surface area contributed by atoms with Crippen molar-refractivity contribution >= 4 is 16.2 Å². The van der Waals surface area contributed by atoms with Gasteiger partial charge >= 0.3 is 5.97 Å². The standard InChI is InChI=1S/C9H18N2O4S/c1-7(2)9(8(12)13)4-5-11(6-9)16(14,15)10-3/h7,10H,4-6H2,1-3H3,(H,12,13). The highest BCUT2D eigenvalue weighted by Crippen LogP contribution is 2.38. The van der Waals surface area contributed by atoms with Crippen molar-refractivity contribution in [3.63, 3.8) is 0 Å². The molecule has 0 radical (unpaired) electrons. The molecule has 2 N–H and O–H groups in total. The molecule has 1 rings (SSSR count). The second kappa shape index (κ2) is 4.31. The van der Waals surface area contributed by atoms with Gasteiger partial charge in [0.2, 0.25) is 0 Å². The Labute approximate surface area is 95.8 Å². The first-order valence-corrected chi connectivity index (χ1v) is 6.62. The van der Waals surface area contributed by atoms with Crippen LogP contribution in [0.1, 0.15) is 20.3 Å². The van der Waals surface area contributed by atoms with E-state index in [-0.39, 0.29) is 19.0 Å². The predicted octanol–water partition coefficient (Wildman–Crippen LogP) is -0.117. The first-order valence-electron chi connectivity index (χ1n) is 5.18. The zero-order valence-electron chi connectivity index (χ0n) is 9.73. The molecule has 0 aliphatic carbocycles. The Morgan fingerprint density at radius 3 is 2.38 bits per heavy atom. The molecule has 1 atom stereocenters. The Hall–Kier alpha value is -0.660. The van der Waals surface area contributed by atoms with E-state index in [9.17, 15) is 18.3 Å². The molecule has 1 unspecified atom stereocenters. The number of carbonyl (C=O) groups is 1. The molecule has 0 bridgehead atoms. The third kappa shape index (κ3) is 2.07. The van der Waals surface area contributed by atoms with Crippen molar-refractivity contribution in [2.45, 2.75) is 20.3 Å². The lowest BCUT2D eigenvalue weighted by atomic mass is 9.77. The summed E-state index contributed by atoms with van der Waals surface area (Å²) in [5.74, 6) is -1.02. The van der Waals surface area contributed by atoms with E-state index in [1.807, 2.05) is 13.8 Å². The average molecular weight is 250 g/mol. The third-order valence-corrected chi connectivity index (χ3v) is 4.90. The van der Waals surface area contributed by atoms with Crippen LogP contribution in [-0.4, -0.2) is 43.9 Å². The van der Waals surface area contributed by atoms with Gasteiger partial charge in [-0.25, -0.2) is 4.72 Å². The Bertz CT molecular complexity index is 379. The molecule has 1 aliphatic rings. The van der Waals surface area contributed by atoms with Gasteiger partial charge in [0.05, 0.1) is 5.41 Å². The van der Waals surface area contributed by atoms with E-state index in [0.29, 0.717) is 6.42 Å². The largest absolute Gasteiger partial charge is 0.481 e. The van der Waals surface area contributed by atoms with Crippen LogP contribution in [-0.2, 0) is 15.0 Å². The number of hydrogen-bond donors (Lipinski definition) is 2. The molecule has 7 heteroatoms. The smallest absolute Gasteiger partial charge is 0.311 e. The topological polar surface area (TPSA) is 86.7 Å². The number of nitrogens with one attached hydrogen (secondary N) is 1. The van der Waals surface area contributed by atoms with Crippen LogP contribution in [0.3, 0.4) is 0 Å². The zero-order valence-corrected chi connectivity index (χ0v) is 10.5. The van der Waals surface area contributed by atoms with Crippen molar-refractivity contribution in [2.24, 2.45) is 11.3 Å². The first-order chi connectivity index (χ1) is 7.26. The molecule has 0 aromatic heterocycles. The number of nitrogens with zero attached hydrogens (tertiary/aromatic N) is 1. The fourth-order valence-electron chi connectivity index (χ4n) is 2.02. The number of rotatable bonds is 4. The predicted molar refractivity (Wildman–Crippen MR) is 59.1 cm³/mol. The van der Waals surface area contributed by atoms with Gasteiger partial charge in [-0.3, -0.25) is 4.79 Å². The fourth-order valence-corrected chi connectivity index (χ4v) is 3.01. The van der Waals surface area contributed by atoms with Crippen LogP contribution in [0.2, 0.25) is 0 Å². The van der Waals surface area contributed by atoms with Crippen molar-refractivity contribution in [1.82, 2.24) is 9.03 Å². The molecule has 0 saturated carbocycles. The van der Waals surface area contributed by atoms with Crippen LogP contribution in [0.4, 0.5) is 0 Å². The number of carboxylic acids is 1. The monoisotopic (exact) mass is 250 g/mol. The molecule has 0 aromatic rings. The van der Waals surface area contributed by atoms with Crippen molar-refractivity contribution in [2.75, 3.05) is 20.1 Å². The van der Waals surface area contributed by atoms with Gasteiger partial charge in [-0.2, -0.15) is 12.7 Å². The fraction of sp³-hybridized carbons (Fsp3) is 0.889. The molecule has 1 heterocycles. The van der Waals surface area contributed by atoms with E-state index in [0.717, 1.165) is 0 Å². The van der Waals surface area contributed by atoms with Gasteiger partial charge in [0.25, 0.3) is 10.2 Å². The molecule has 94 valence electrons. The average Bonchev–Trinajstić information content (AvgIpc) is 2.64. The minimum Gasteiger partial charge on any atom is -0.481 e. The van der Waals surface area contributed by atoms with Crippen molar-refractivity contribution < 1.29 is 18.3 Å². The highest BCUT2D eigenvalue weighted by atomic mass is 32.2. The summed E-state index contributed by atoms with van der Waals surface area (Å²) in [7, 11) is -2.19. The van der Waals surface area contributed by atoms with E-state index in [2.05, 4.69) is 4.72 Å². The number of carboxylic acid groups (broad SMARTS) is 1. The van der Waals surface area contributed by atoms with Gasteiger partial charge < -0.3 is 5.11 Å². The summed E-state index contributed by atoms with van der Waals surface area (Å²) in [5.41, 5.74) is -0.954. The van der Waals surface area contributed by atoms with Gasteiger partial charge in [0.1, 0.15) is 0 Å². The van der Waals surface area contributed by atoms with Crippen LogP contribution in [0.25, 0.3) is 0 Å². The van der Waals surface area contributed by atoms with E-state index in [4.69, 9.17) is 0 Å². The maximum absolute atomic E-state index is 11.6. The van der Waals surface area contributed by atoms with E-state index in [1.165, 1.54) is 11.4 Å². The summed E-state index contributed by atoms with van der Waals surface area (Å²) in [6.45, 7) is 3.92. The van der Waals surface area contributed by atoms with Crippen LogP contribution in [0, 0.1) is 11.3 Å². The second-order valence-electron chi connectivity index (χ2n) is 4.41. The summed E-state index contributed by atoms with van der Waals surface area (Å²) in [6.07, 6.45) is 0.362. The molecular weight excluding hydrogens is 232 g/mol. The highest BCUT2D eigenvalue weighted by molar-refractivity contribution is 7.87. The lowest BCUT2D eigenvalue weighted by Gasteiger charge is -2.28. The molecule has 0 aromatic carbocycles. The Balaban J connectivity index is 2.96. The normalized spacial score (nSPS) is 27.5. The van der Waals surface area contributed by atoms with Gasteiger partial charge in [0.15, 0.2) is 0 Å². The lowest BCUT2D eigenvalue weighted by molar-refractivity contribution is -0.150. The Morgan fingerprint density at radius 1 is 1.50 bits per heavy atom. The Kier molecular flexibility index (Phi) is 3.61. The van der Waals surface area contributed by atoms with Gasteiger partial charge in [-0.15, -0.1) is 0 Å². The summed E-state index contributed by atoms with van der Waals surface area (Å²) in [6, 6.07) is 0. The van der Waals surface area contributed by atoms with E-state index in [1.54, 1.807) is 0 Å². The maximum Gasteiger partial charge on any atom is 0.311 e. The summed E-state index contributed by atoms with van der Waals surface area (Å²) in [4.78, 5) is 11.3. The molecule has 0 amide bonds. The van der Waals surface area contributed by atoms with Gasteiger partial charge in [-0.05, 0) is 12.3 Å². The minimum absolute atomic E-state index is 0.0448. The van der Waals surface area contributed by atoms with Crippen molar-refractivity contribution in [3.05, 3.63) is 0 Å². The SMILES string of the molecule is CNS(=O)(=O)N1CCC(C(=O)O)(C(C)C)C1. The quantitative estimate of drug-likeness (QED) is 0.728. The summed E-state index contributed by atoms with van der Waals surface area (Å²) >= 11 is 0. The van der Waals surface area contributed by atoms with Crippen LogP contribution < -0.4 is 4.72 Å². The van der Waals surface area contributed by atoms with Crippen LogP contribution >= 0.6 is 0 Å². The third-order valence-electron chi connectivity index (χ3n) is 3.39. The summed E-state index contributed by atoms with van der Waals surface area (Å²) < 4.78 is 26.5. The molecule has 1 fully saturated rings. The molecule has 6 nitrogen and oxygen atoms in total. The second-order valence-corrected chi connectivity index (χ2v) is 6.28. The first kappa shape index (κ1) is 13.4. The lowest BCUT2D eigenvalue weighted by Crippen LogP contribution is -2.43. The van der Waals surface area contributed by atoms with Gasteiger partial charge in [0, 0.05) is 20.1 Å². The van der Waals surface area contributed by atoms with E-state index >= 15 is 0 Å². The Morgan fingerprint density at radius 2 is 2.06 bits per heavy atom. The molecule has 16 heavy (non-hydrogen) atoms. The molecule has 0 spiro atoms. The van der Waals surface area contributed by atoms with Crippen LogP contribution in [0.5, 0.6) is 0 Å². The van der Waals surface area contributed by atoms with Crippen molar-refractivity contribution in [3.8, 4) is 0 Å².